The minimum Gasteiger partial charge on any atom is -0.481 e. The number of carboxylic acid groups (broad SMARTS) is 1. The SMILES string of the molecule is CC(C)(C)c1ccc(-c2cn[nH]c2OCC(=O)Nc2ccc(-c3ccc(CC(=O)O)cc3)cc2Cl)c(Cl)c1. The first-order valence-electron chi connectivity index (χ1n) is 11.9. The number of amides is 1. The fourth-order valence-corrected chi connectivity index (χ4v) is 4.40. The van der Waals surface area contributed by atoms with Gasteiger partial charge in [-0.2, -0.15) is 5.10 Å². The van der Waals surface area contributed by atoms with Crippen LogP contribution in [0.15, 0.2) is 66.9 Å². The summed E-state index contributed by atoms with van der Waals surface area (Å²) in [6, 6.07) is 18.3. The Morgan fingerprint density at radius 1 is 0.947 bits per heavy atom. The van der Waals surface area contributed by atoms with Crippen LogP contribution in [0, 0.1) is 0 Å². The number of halogens is 2. The molecular weight excluding hydrogens is 525 g/mol. The fourth-order valence-electron chi connectivity index (χ4n) is 3.89. The molecule has 4 rings (SSSR count). The number of carbonyl (C=O) groups is 2. The molecule has 9 heteroatoms. The highest BCUT2D eigenvalue weighted by Crippen LogP contribution is 2.36. The third-order valence-corrected chi connectivity index (χ3v) is 6.59. The van der Waals surface area contributed by atoms with Crippen molar-refractivity contribution < 1.29 is 19.4 Å². The summed E-state index contributed by atoms with van der Waals surface area (Å²) in [5.41, 5.74) is 5.33. The zero-order valence-electron chi connectivity index (χ0n) is 21.1. The van der Waals surface area contributed by atoms with Gasteiger partial charge in [-0.1, -0.05) is 86.4 Å². The summed E-state index contributed by atoms with van der Waals surface area (Å²) in [4.78, 5) is 23.5. The van der Waals surface area contributed by atoms with Crippen molar-refractivity contribution in [2.75, 3.05) is 11.9 Å². The number of carboxylic acids is 1. The number of ether oxygens (including phenoxy) is 1. The van der Waals surface area contributed by atoms with Gasteiger partial charge < -0.3 is 15.2 Å². The first-order chi connectivity index (χ1) is 18.0. The molecule has 0 saturated heterocycles. The van der Waals surface area contributed by atoms with E-state index in [9.17, 15) is 9.59 Å². The number of aliphatic carboxylic acids is 1. The average Bonchev–Trinajstić information content (AvgIpc) is 3.32. The first kappa shape index (κ1) is 27.2. The molecule has 0 aliphatic rings. The number of rotatable bonds is 8. The lowest BCUT2D eigenvalue weighted by Gasteiger charge is -2.20. The number of aromatic nitrogens is 2. The van der Waals surface area contributed by atoms with Crippen LogP contribution < -0.4 is 10.1 Å². The third-order valence-electron chi connectivity index (χ3n) is 5.96. The highest BCUT2D eigenvalue weighted by atomic mass is 35.5. The van der Waals surface area contributed by atoms with Gasteiger partial charge in [0.2, 0.25) is 5.88 Å². The Hall–Kier alpha value is -3.81. The van der Waals surface area contributed by atoms with Crippen LogP contribution in [0.2, 0.25) is 10.0 Å². The summed E-state index contributed by atoms with van der Waals surface area (Å²) in [7, 11) is 0. The number of hydrogen-bond acceptors (Lipinski definition) is 4. The van der Waals surface area contributed by atoms with Gasteiger partial charge in [-0.25, -0.2) is 5.10 Å². The van der Waals surface area contributed by atoms with E-state index in [1.165, 1.54) is 0 Å². The number of carbonyl (C=O) groups excluding carboxylic acids is 1. The Labute approximate surface area is 230 Å². The van der Waals surface area contributed by atoms with Gasteiger partial charge in [-0.15, -0.1) is 0 Å². The molecule has 0 bridgehead atoms. The topological polar surface area (TPSA) is 104 Å². The molecule has 7 nitrogen and oxygen atoms in total. The summed E-state index contributed by atoms with van der Waals surface area (Å²) >= 11 is 13.0. The van der Waals surface area contributed by atoms with Crippen molar-refractivity contribution in [1.29, 1.82) is 0 Å². The van der Waals surface area contributed by atoms with Gasteiger partial charge in [0.15, 0.2) is 6.61 Å². The summed E-state index contributed by atoms with van der Waals surface area (Å²) < 4.78 is 5.72. The van der Waals surface area contributed by atoms with Crippen molar-refractivity contribution in [3.05, 3.63) is 88.0 Å². The van der Waals surface area contributed by atoms with Gasteiger partial charge in [-0.05, 0) is 45.9 Å². The second-order valence-electron chi connectivity index (χ2n) is 9.86. The number of nitrogens with one attached hydrogen (secondary N) is 2. The molecule has 196 valence electrons. The molecule has 0 atom stereocenters. The molecule has 0 spiro atoms. The molecule has 3 N–H and O–H groups in total. The van der Waals surface area contributed by atoms with Crippen LogP contribution in [0.1, 0.15) is 31.9 Å². The standard InChI is InChI=1S/C29H27Cl2N3O4/c1-29(2,3)20-9-10-21(23(30)14-20)22-15-32-34-28(22)38-16-26(35)33-25-11-8-19(13-24(25)31)18-6-4-17(5-7-18)12-27(36)37/h4-11,13-15H,12,16H2,1-3H3,(H,32,34)(H,33,35)(H,36,37). The molecule has 0 unspecified atom stereocenters. The molecule has 3 aromatic carbocycles. The van der Waals surface area contributed by atoms with E-state index in [0.29, 0.717) is 32.7 Å². The lowest BCUT2D eigenvalue weighted by atomic mass is 9.86. The predicted molar refractivity (Wildman–Crippen MR) is 150 cm³/mol. The predicted octanol–water partition coefficient (Wildman–Crippen LogP) is 6.99. The molecule has 0 aliphatic heterocycles. The second kappa shape index (κ2) is 11.3. The van der Waals surface area contributed by atoms with E-state index >= 15 is 0 Å². The molecule has 1 heterocycles. The zero-order chi connectivity index (χ0) is 27.4. The van der Waals surface area contributed by atoms with Crippen LogP contribution in [-0.4, -0.2) is 33.8 Å². The highest BCUT2D eigenvalue weighted by Gasteiger charge is 2.19. The Morgan fingerprint density at radius 3 is 2.29 bits per heavy atom. The molecule has 0 radical (unpaired) electrons. The zero-order valence-corrected chi connectivity index (χ0v) is 22.7. The van der Waals surface area contributed by atoms with Gasteiger partial charge in [0, 0.05) is 10.6 Å². The molecule has 1 aromatic heterocycles. The van der Waals surface area contributed by atoms with E-state index in [-0.39, 0.29) is 18.4 Å². The van der Waals surface area contributed by atoms with Gasteiger partial charge in [0.05, 0.1) is 28.9 Å². The van der Waals surface area contributed by atoms with Crippen molar-refractivity contribution in [1.82, 2.24) is 10.2 Å². The van der Waals surface area contributed by atoms with Gasteiger partial charge in [0.25, 0.3) is 5.91 Å². The molecule has 38 heavy (non-hydrogen) atoms. The lowest BCUT2D eigenvalue weighted by Crippen LogP contribution is -2.20. The lowest BCUT2D eigenvalue weighted by molar-refractivity contribution is -0.136. The van der Waals surface area contributed by atoms with Gasteiger partial charge in [0.1, 0.15) is 0 Å². The van der Waals surface area contributed by atoms with Crippen LogP contribution in [0.3, 0.4) is 0 Å². The highest BCUT2D eigenvalue weighted by molar-refractivity contribution is 6.34. The number of anilines is 1. The smallest absolute Gasteiger partial charge is 0.307 e. The van der Waals surface area contributed by atoms with E-state index < -0.39 is 11.9 Å². The van der Waals surface area contributed by atoms with Gasteiger partial charge in [-0.3, -0.25) is 9.59 Å². The number of benzene rings is 3. The van der Waals surface area contributed by atoms with Gasteiger partial charge >= 0.3 is 5.97 Å². The van der Waals surface area contributed by atoms with Crippen molar-refractivity contribution in [2.24, 2.45) is 0 Å². The minimum absolute atomic E-state index is 0.0371. The quantitative estimate of drug-likeness (QED) is 0.219. The molecule has 0 fully saturated rings. The third kappa shape index (κ3) is 6.54. The van der Waals surface area contributed by atoms with Crippen molar-refractivity contribution in [3.8, 4) is 28.1 Å². The molecular formula is C29H27Cl2N3O4. The molecule has 1 amide bonds. The number of aromatic amines is 1. The molecule has 0 saturated carbocycles. The van der Waals surface area contributed by atoms with E-state index in [2.05, 4.69) is 36.3 Å². The van der Waals surface area contributed by atoms with E-state index in [1.807, 2.05) is 36.4 Å². The van der Waals surface area contributed by atoms with Crippen LogP contribution in [0.25, 0.3) is 22.3 Å². The summed E-state index contributed by atoms with van der Waals surface area (Å²) in [6.45, 7) is 6.08. The van der Waals surface area contributed by atoms with Crippen LogP contribution in [0.5, 0.6) is 5.88 Å². The monoisotopic (exact) mass is 551 g/mol. The van der Waals surface area contributed by atoms with Crippen LogP contribution >= 0.6 is 23.2 Å². The number of hydrogen-bond donors (Lipinski definition) is 3. The molecule has 0 aliphatic carbocycles. The number of H-pyrrole nitrogens is 1. The van der Waals surface area contributed by atoms with Crippen molar-refractivity contribution in [3.63, 3.8) is 0 Å². The van der Waals surface area contributed by atoms with E-state index in [4.69, 9.17) is 33.0 Å². The number of nitrogens with zero attached hydrogens (tertiary/aromatic N) is 1. The maximum atomic E-state index is 12.6. The Morgan fingerprint density at radius 2 is 1.66 bits per heavy atom. The van der Waals surface area contributed by atoms with Crippen molar-refractivity contribution >= 4 is 40.8 Å². The van der Waals surface area contributed by atoms with E-state index in [0.717, 1.165) is 22.3 Å². The Balaban J connectivity index is 1.40. The summed E-state index contributed by atoms with van der Waals surface area (Å²) in [5, 5.41) is 19.4. The Bertz CT molecular complexity index is 1470. The summed E-state index contributed by atoms with van der Waals surface area (Å²) in [5.74, 6) is -0.946. The van der Waals surface area contributed by atoms with Crippen molar-refractivity contribution in [2.45, 2.75) is 32.6 Å². The van der Waals surface area contributed by atoms with Crippen LogP contribution in [0.4, 0.5) is 5.69 Å². The van der Waals surface area contributed by atoms with E-state index in [1.54, 1.807) is 30.5 Å². The summed E-state index contributed by atoms with van der Waals surface area (Å²) in [6.07, 6.45) is 1.57. The Kier molecular flexibility index (Phi) is 8.09. The average molecular weight is 552 g/mol. The largest absolute Gasteiger partial charge is 0.481 e. The molecule has 4 aromatic rings. The fraction of sp³-hybridized carbons (Fsp3) is 0.207. The maximum Gasteiger partial charge on any atom is 0.307 e. The minimum atomic E-state index is -0.882. The second-order valence-corrected chi connectivity index (χ2v) is 10.7. The first-order valence-corrected chi connectivity index (χ1v) is 12.6. The normalized spacial score (nSPS) is 11.3. The maximum absolute atomic E-state index is 12.6. The van der Waals surface area contributed by atoms with Crippen LogP contribution in [-0.2, 0) is 21.4 Å².